The second-order valence-electron chi connectivity index (χ2n) is 4.20. The summed E-state index contributed by atoms with van der Waals surface area (Å²) >= 11 is 0. The number of aryl methyl sites for hydroxylation is 1. The molecule has 3 rings (SSSR count). The molecule has 0 saturated carbocycles. The van der Waals surface area contributed by atoms with Gasteiger partial charge < -0.3 is 4.42 Å². The van der Waals surface area contributed by atoms with E-state index < -0.39 is 0 Å². The Kier molecular flexibility index (Phi) is 2.51. The average molecular weight is 241 g/mol. The van der Waals surface area contributed by atoms with Gasteiger partial charge in [-0.05, 0) is 11.3 Å². The van der Waals surface area contributed by atoms with E-state index in [1.807, 2.05) is 30.3 Å². The van der Waals surface area contributed by atoms with Crippen LogP contribution in [0.4, 0.5) is 0 Å². The molecule has 0 bridgehead atoms. The maximum atomic E-state index is 11.9. The Morgan fingerprint density at radius 1 is 1.28 bits per heavy atom. The number of aromatic nitrogens is 2. The van der Waals surface area contributed by atoms with E-state index in [2.05, 4.69) is 15.2 Å². The summed E-state index contributed by atoms with van der Waals surface area (Å²) in [6.07, 6.45) is 2.31. The first-order valence-electron chi connectivity index (χ1n) is 5.71. The van der Waals surface area contributed by atoms with Gasteiger partial charge in [0.05, 0.1) is 11.3 Å². The molecule has 18 heavy (non-hydrogen) atoms. The minimum Gasteiger partial charge on any atom is -0.426 e. The fourth-order valence-electron chi connectivity index (χ4n) is 1.97. The molecule has 0 radical (unpaired) electrons. The SMILES string of the molecule is Cc1nnc(CC2C=c3ccccc3=NC2=O)o1. The molecule has 2 heterocycles. The highest BCUT2D eigenvalue weighted by molar-refractivity contribution is 5.86. The Labute approximate surface area is 103 Å². The van der Waals surface area contributed by atoms with E-state index in [9.17, 15) is 4.79 Å². The molecular weight excluding hydrogens is 230 g/mol. The summed E-state index contributed by atoms with van der Waals surface area (Å²) in [5.41, 5.74) is 0. The second kappa shape index (κ2) is 4.18. The van der Waals surface area contributed by atoms with Crippen LogP contribution in [0, 0.1) is 12.8 Å². The third-order valence-electron chi connectivity index (χ3n) is 2.83. The summed E-state index contributed by atoms with van der Waals surface area (Å²) in [6.45, 7) is 1.72. The molecule has 1 atom stereocenters. The van der Waals surface area contributed by atoms with Gasteiger partial charge >= 0.3 is 0 Å². The molecule has 1 aromatic carbocycles. The molecule has 0 aliphatic carbocycles. The van der Waals surface area contributed by atoms with Crippen molar-refractivity contribution in [2.75, 3.05) is 0 Å². The van der Waals surface area contributed by atoms with Gasteiger partial charge in [0, 0.05) is 13.3 Å². The smallest absolute Gasteiger partial charge is 0.253 e. The maximum absolute atomic E-state index is 11.9. The number of benzene rings is 1. The Bertz CT molecular complexity index is 718. The van der Waals surface area contributed by atoms with E-state index in [-0.39, 0.29) is 11.8 Å². The van der Waals surface area contributed by atoms with E-state index >= 15 is 0 Å². The van der Waals surface area contributed by atoms with Crippen LogP contribution in [-0.2, 0) is 11.2 Å². The van der Waals surface area contributed by atoms with Crippen LogP contribution >= 0.6 is 0 Å². The zero-order chi connectivity index (χ0) is 12.5. The normalized spacial score (nSPS) is 17.8. The summed E-state index contributed by atoms with van der Waals surface area (Å²) in [4.78, 5) is 16.0. The van der Waals surface area contributed by atoms with Crippen LogP contribution in [0.2, 0.25) is 0 Å². The van der Waals surface area contributed by atoms with Crippen LogP contribution in [0.25, 0.3) is 6.08 Å². The molecule has 1 amide bonds. The molecule has 1 aliphatic rings. The maximum Gasteiger partial charge on any atom is 0.253 e. The van der Waals surface area contributed by atoms with E-state index in [0.717, 1.165) is 10.6 Å². The molecule has 0 N–H and O–H groups in total. The molecule has 5 heteroatoms. The molecule has 1 aromatic heterocycles. The number of para-hydroxylation sites is 1. The number of hydrogen-bond acceptors (Lipinski definition) is 4. The molecule has 0 fully saturated rings. The van der Waals surface area contributed by atoms with E-state index in [4.69, 9.17) is 4.42 Å². The number of fused-ring (bicyclic) bond motifs is 1. The standard InChI is InChI=1S/C13H11N3O2/c1-8-15-16-12(18-8)7-10-6-9-4-2-3-5-11(9)14-13(10)17/h2-6,10H,7H2,1H3. The van der Waals surface area contributed by atoms with Crippen LogP contribution in [0.3, 0.4) is 0 Å². The zero-order valence-electron chi connectivity index (χ0n) is 9.83. The van der Waals surface area contributed by atoms with Crippen molar-refractivity contribution in [2.24, 2.45) is 10.9 Å². The Hall–Kier alpha value is -2.30. The van der Waals surface area contributed by atoms with Gasteiger partial charge in [-0.1, -0.05) is 24.3 Å². The van der Waals surface area contributed by atoms with E-state index in [1.54, 1.807) is 6.92 Å². The predicted octanol–water partition coefficient (Wildman–Crippen LogP) is 0.177. The lowest BCUT2D eigenvalue weighted by atomic mass is 10.0. The quantitative estimate of drug-likeness (QED) is 0.752. The molecule has 1 unspecified atom stereocenters. The second-order valence-corrected chi connectivity index (χ2v) is 4.20. The van der Waals surface area contributed by atoms with Gasteiger partial charge in [-0.25, -0.2) is 4.99 Å². The first kappa shape index (κ1) is 10.8. The highest BCUT2D eigenvalue weighted by Gasteiger charge is 2.21. The van der Waals surface area contributed by atoms with Gasteiger partial charge in [-0.3, -0.25) is 4.79 Å². The van der Waals surface area contributed by atoms with Gasteiger partial charge in [0.15, 0.2) is 0 Å². The van der Waals surface area contributed by atoms with E-state index in [0.29, 0.717) is 18.2 Å². The Morgan fingerprint density at radius 2 is 2.11 bits per heavy atom. The van der Waals surface area contributed by atoms with Gasteiger partial charge in [-0.15, -0.1) is 10.2 Å². The van der Waals surface area contributed by atoms with Crippen molar-refractivity contribution in [2.45, 2.75) is 13.3 Å². The van der Waals surface area contributed by atoms with E-state index in [1.165, 1.54) is 0 Å². The zero-order valence-corrected chi connectivity index (χ0v) is 9.83. The summed E-state index contributed by atoms with van der Waals surface area (Å²) in [5, 5.41) is 9.34. The number of carbonyl (C=O) groups is 1. The topological polar surface area (TPSA) is 68.3 Å². The number of carbonyl (C=O) groups excluding carboxylic acids is 1. The summed E-state index contributed by atoms with van der Waals surface area (Å²) in [7, 11) is 0. The first-order chi connectivity index (χ1) is 8.72. The lowest BCUT2D eigenvalue weighted by Gasteiger charge is -2.09. The van der Waals surface area contributed by atoms with Crippen molar-refractivity contribution in [3.05, 3.63) is 46.6 Å². The summed E-state index contributed by atoms with van der Waals surface area (Å²) in [5.74, 6) is 0.492. The lowest BCUT2D eigenvalue weighted by Crippen LogP contribution is -2.34. The Morgan fingerprint density at radius 3 is 2.89 bits per heavy atom. The molecule has 1 aliphatic heterocycles. The molecule has 0 saturated heterocycles. The molecular formula is C13H11N3O2. The van der Waals surface area contributed by atoms with Crippen molar-refractivity contribution in [1.29, 1.82) is 0 Å². The summed E-state index contributed by atoms with van der Waals surface area (Å²) in [6, 6.07) is 7.56. The van der Waals surface area contributed by atoms with Crippen LogP contribution in [0.1, 0.15) is 11.8 Å². The van der Waals surface area contributed by atoms with Crippen molar-refractivity contribution in [1.82, 2.24) is 10.2 Å². The van der Waals surface area contributed by atoms with Gasteiger partial charge in [0.2, 0.25) is 11.8 Å². The monoisotopic (exact) mass is 241 g/mol. The lowest BCUT2D eigenvalue weighted by molar-refractivity contribution is -0.120. The minimum absolute atomic E-state index is 0.162. The largest absolute Gasteiger partial charge is 0.426 e. The molecule has 2 aromatic rings. The Balaban J connectivity index is 1.95. The van der Waals surface area contributed by atoms with Crippen LogP contribution in [0.5, 0.6) is 0 Å². The van der Waals surface area contributed by atoms with Crippen LogP contribution < -0.4 is 10.6 Å². The van der Waals surface area contributed by atoms with Gasteiger partial charge in [0.25, 0.3) is 5.91 Å². The van der Waals surface area contributed by atoms with Gasteiger partial charge in [0.1, 0.15) is 0 Å². The number of amides is 1. The summed E-state index contributed by atoms with van der Waals surface area (Å²) < 4.78 is 5.29. The molecule has 90 valence electrons. The molecule has 0 spiro atoms. The number of rotatable bonds is 2. The third-order valence-corrected chi connectivity index (χ3v) is 2.83. The highest BCUT2D eigenvalue weighted by atomic mass is 16.4. The van der Waals surface area contributed by atoms with Crippen molar-refractivity contribution >= 4 is 12.0 Å². The highest BCUT2D eigenvalue weighted by Crippen LogP contribution is 2.12. The number of nitrogens with zero attached hydrogens (tertiary/aromatic N) is 3. The average Bonchev–Trinajstić information content (AvgIpc) is 2.76. The van der Waals surface area contributed by atoms with Crippen molar-refractivity contribution in [3.8, 4) is 0 Å². The molecule has 5 nitrogen and oxygen atoms in total. The van der Waals surface area contributed by atoms with Crippen LogP contribution in [0.15, 0.2) is 33.7 Å². The predicted molar refractivity (Wildman–Crippen MR) is 62.9 cm³/mol. The van der Waals surface area contributed by atoms with Gasteiger partial charge in [-0.2, -0.15) is 0 Å². The fourth-order valence-corrected chi connectivity index (χ4v) is 1.97. The van der Waals surface area contributed by atoms with Crippen molar-refractivity contribution in [3.63, 3.8) is 0 Å². The number of hydrogen-bond donors (Lipinski definition) is 0. The first-order valence-corrected chi connectivity index (χ1v) is 5.71. The third kappa shape index (κ3) is 1.95. The fraction of sp³-hybridized carbons (Fsp3) is 0.231. The minimum atomic E-state index is -0.320. The van der Waals surface area contributed by atoms with Crippen molar-refractivity contribution < 1.29 is 9.21 Å². The van der Waals surface area contributed by atoms with Crippen LogP contribution in [-0.4, -0.2) is 16.1 Å².